The van der Waals surface area contributed by atoms with Crippen molar-refractivity contribution in [2.45, 2.75) is 39.3 Å². The zero-order valence-electron chi connectivity index (χ0n) is 13.7. The summed E-state index contributed by atoms with van der Waals surface area (Å²) in [5.41, 5.74) is 1.85. The Kier molecular flexibility index (Phi) is 6.65. The smallest absolute Gasteiger partial charge is 0.108 e. The van der Waals surface area contributed by atoms with Gasteiger partial charge in [-0.1, -0.05) is 24.8 Å². The quantitative estimate of drug-likeness (QED) is 0.782. The van der Waals surface area contributed by atoms with Gasteiger partial charge in [-0.05, 0) is 51.5 Å². The van der Waals surface area contributed by atoms with Gasteiger partial charge in [-0.3, -0.25) is 4.98 Å². The maximum Gasteiger partial charge on any atom is 0.108 e. The molecular formula is C18H25FN2O. The van der Waals surface area contributed by atoms with Crippen molar-refractivity contribution >= 4 is 5.57 Å². The maximum atomic E-state index is 12.8. The van der Waals surface area contributed by atoms with Gasteiger partial charge in [0.25, 0.3) is 0 Å². The minimum Gasteiger partial charge on any atom is -0.385 e. The van der Waals surface area contributed by atoms with E-state index in [1.54, 1.807) is 18.2 Å². The van der Waals surface area contributed by atoms with Crippen molar-refractivity contribution in [3.8, 4) is 0 Å². The number of aromatic nitrogens is 1. The van der Waals surface area contributed by atoms with Crippen molar-refractivity contribution in [3.05, 3.63) is 60.2 Å². The molecule has 0 aliphatic carbocycles. The largest absolute Gasteiger partial charge is 0.385 e. The molecule has 1 atom stereocenters. The Morgan fingerprint density at radius 3 is 2.64 bits per heavy atom. The van der Waals surface area contributed by atoms with Gasteiger partial charge in [-0.2, -0.15) is 0 Å². The van der Waals surface area contributed by atoms with Gasteiger partial charge in [0, 0.05) is 12.1 Å². The Labute approximate surface area is 132 Å². The number of aliphatic hydroxyl groups excluding tert-OH is 1. The number of aliphatic hydroxyl groups is 1. The van der Waals surface area contributed by atoms with E-state index in [-0.39, 0.29) is 11.4 Å². The molecule has 0 radical (unpaired) electrons. The predicted octanol–water partition coefficient (Wildman–Crippen LogP) is 3.95. The maximum absolute atomic E-state index is 12.8. The van der Waals surface area contributed by atoms with E-state index < -0.39 is 6.10 Å². The fourth-order valence-corrected chi connectivity index (χ4v) is 1.77. The van der Waals surface area contributed by atoms with Gasteiger partial charge in [0.2, 0.25) is 0 Å². The standard InChI is InChI=1S/C18H25FN2O/c1-6-14(11-10-13(2)19)15-8-7-9-16(21-15)17(22)12-20-18(3,4)5/h6-11,17,20,22H,1,12H2,2-5H3/b13-10+,14-11+/t17-/m1/s1. The lowest BCUT2D eigenvalue weighted by molar-refractivity contribution is 0.159. The third kappa shape index (κ3) is 6.33. The van der Waals surface area contributed by atoms with Crippen LogP contribution in [0.5, 0.6) is 0 Å². The summed E-state index contributed by atoms with van der Waals surface area (Å²) in [4.78, 5) is 4.44. The number of hydrogen-bond acceptors (Lipinski definition) is 3. The monoisotopic (exact) mass is 304 g/mol. The van der Waals surface area contributed by atoms with Gasteiger partial charge in [-0.25, -0.2) is 4.39 Å². The van der Waals surface area contributed by atoms with Gasteiger partial charge in [0.15, 0.2) is 0 Å². The van der Waals surface area contributed by atoms with E-state index in [2.05, 4.69) is 16.9 Å². The number of rotatable bonds is 6. The Morgan fingerprint density at radius 2 is 2.09 bits per heavy atom. The molecule has 0 spiro atoms. The Bertz CT molecular complexity index is 567. The highest BCUT2D eigenvalue weighted by Gasteiger charge is 2.15. The molecule has 0 aliphatic heterocycles. The lowest BCUT2D eigenvalue weighted by Gasteiger charge is -2.22. The average Bonchev–Trinajstić information content (AvgIpc) is 2.44. The fraction of sp³-hybridized carbons (Fsp3) is 0.389. The van der Waals surface area contributed by atoms with E-state index in [0.29, 0.717) is 23.5 Å². The van der Waals surface area contributed by atoms with Crippen molar-refractivity contribution in [1.82, 2.24) is 10.3 Å². The fourth-order valence-electron chi connectivity index (χ4n) is 1.77. The molecule has 1 rings (SSSR count). The first-order valence-electron chi connectivity index (χ1n) is 7.30. The van der Waals surface area contributed by atoms with Crippen molar-refractivity contribution in [1.29, 1.82) is 0 Å². The molecule has 1 aromatic rings. The number of pyridine rings is 1. The number of β-amino-alcohol motifs (C(OH)–C–C–N with tert-alkyl or cyclic N) is 1. The molecule has 0 fully saturated rings. The Balaban J connectivity index is 2.95. The van der Waals surface area contributed by atoms with Crippen LogP contribution in [0.4, 0.5) is 4.39 Å². The lowest BCUT2D eigenvalue weighted by atomic mass is 10.1. The summed E-state index contributed by atoms with van der Waals surface area (Å²) in [5.74, 6) is -0.287. The number of nitrogens with one attached hydrogen (secondary N) is 1. The summed E-state index contributed by atoms with van der Waals surface area (Å²) >= 11 is 0. The molecule has 0 amide bonds. The van der Waals surface area contributed by atoms with Crippen LogP contribution in [0.2, 0.25) is 0 Å². The zero-order valence-corrected chi connectivity index (χ0v) is 13.7. The molecule has 4 heteroatoms. The normalized spacial score (nSPS) is 14.8. The van der Waals surface area contributed by atoms with Crippen molar-refractivity contribution in [2.75, 3.05) is 6.54 Å². The first-order valence-corrected chi connectivity index (χ1v) is 7.30. The molecule has 0 saturated heterocycles. The van der Waals surface area contributed by atoms with Gasteiger partial charge < -0.3 is 10.4 Å². The van der Waals surface area contributed by atoms with Crippen LogP contribution in [0.25, 0.3) is 5.57 Å². The first kappa shape index (κ1) is 18.3. The Morgan fingerprint density at radius 1 is 1.41 bits per heavy atom. The van der Waals surface area contributed by atoms with Gasteiger partial charge in [0.05, 0.1) is 17.2 Å². The van der Waals surface area contributed by atoms with Crippen molar-refractivity contribution in [3.63, 3.8) is 0 Å². The lowest BCUT2D eigenvalue weighted by Crippen LogP contribution is -2.38. The van der Waals surface area contributed by atoms with Gasteiger partial charge in [-0.15, -0.1) is 0 Å². The zero-order chi connectivity index (χ0) is 16.8. The van der Waals surface area contributed by atoms with Crippen LogP contribution in [0.3, 0.4) is 0 Å². The van der Waals surface area contributed by atoms with Gasteiger partial charge in [0.1, 0.15) is 6.10 Å². The van der Waals surface area contributed by atoms with Crippen LogP contribution in [-0.4, -0.2) is 22.2 Å². The van der Waals surface area contributed by atoms with Crippen molar-refractivity contribution < 1.29 is 9.50 Å². The minimum atomic E-state index is -0.705. The summed E-state index contributed by atoms with van der Waals surface area (Å²) in [5, 5.41) is 13.5. The highest BCUT2D eigenvalue weighted by Crippen LogP contribution is 2.18. The van der Waals surface area contributed by atoms with Crippen molar-refractivity contribution in [2.24, 2.45) is 0 Å². The third-order valence-corrected chi connectivity index (χ3v) is 2.95. The van der Waals surface area contributed by atoms with E-state index in [1.807, 2.05) is 32.9 Å². The molecule has 120 valence electrons. The second-order valence-corrected chi connectivity index (χ2v) is 6.17. The minimum absolute atomic E-state index is 0.0752. The number of halogens is 1. The van der Waals surface area contributed by atoms with E-state index in [0.717, 1.165) is 0 Å². The molecular weight excluding hydrogens is 279 g/mol. The topological polar surface area (TPSA) is 45.1 Å². The average molecular weight is 304 g/mol. The van der Waals surface area contributed by atoms with Crippen LogP contribution in [0.15, 0.2) is 48.8 Å². The van der Waals surface area contributed by atoms with Gasteiger partial charge >= 0.3 is 0 Å². The molecule has 0 bridgehead atoms. The molecule has 0 unspecified atom stereocenters. The molecule has 0 aromatic carbocycles. The summed E-state index contributed by atoms with van der Waals surface area (Å²) in [7, 11) is 0. The highest BCUT2D eigenvalue weighted by atomic mass is 19.1. The van der Waals surface area contributed by atoms with E-state index in [4.69, 9.17) is 0 Å². The van der Waals surface area contributed by atoms with E-state index in [1.165, 1.54) is 13.0 Å². The van der Waals surface area contributed by atoms with Crippen LogP contribution in [0, 0.1) is 0 Å². The summed E-state index contributed by atoms with van der Waals surface area (Å²) in [6.07, 6.45) is 3.89. The molecule has 22 heavy (non-hydrogen) atoms. The molecule has 0 saturated carbocycles. The number of nitrogens with zero attached hydrogens (tertiary/aromatic N) is 1. The van der Waals surface area contributed by atoms with Crippen LogP contribution in [-0.2, 0) is 0 Å². The first-order chi connectivity index (χ1) is 10.2. The second kappa shape index (κ2) is 8.01. The molecule has 2 N–H and O–H groups in total. The number of allylic oxidation sites excluding steroid dienone is 5. The summed E-state index contributed by atoms with van der Waals surface area (Å²) < 4.78 is 12.8. The van der Waals surface area contributed by atoms with Crippen LogP contribution >= 0.6 is 0 Å². The van der Waals surface area contributed by atoms with E-state index in [9.17, 15) is 9.50 Å². The summed E-state index contributed by atoms with van der Waals surface area (Å²) in [6, 6.07) is 5.40. The summed E-state index contributed by atoms with van der Waals surface area (Å²) in [6.45, 7) is 11.6. The highest BCUT2D eigenvalue weighted by molar-refractivity contribution is 5.72. The van der Waals surface area contributed by atoms with E-state index >= 15 is 0 Å². The third-order valence-electron chi connectivity index (χ3n) is 2.95. The number of hydrogen-bond donors (Lipinski definition) is 2. The SMILES string of the molecule is C=C/C(=C\C=C(/C)F)c1cccc([C@H](O)CNC(C)(C)C)n1. The van der Waals surface area contributed by atoms with Crippen LogP contribution < -0.4 is 5.32 Å². The Hall–Kier alpha value is -1.78. The van der Waals surface area contributed by atoms with Crippen LogP contribution in [0.1, 0.15) is 45.2 Å². The molecule has 1 heterocycles. The molecule has 1 aromatic heterocycles. The second-order valence-electron chi connectivity index (χ2n) is 6.17. The molecule has 3 nitrogen and oxygen atoms in total. The predicted molar refractivity (Wildman–Crippen MR) is 90.0 cm³/mol. The molecule has 0 aliphatic rings.